The smallest absolute Gasteiger partial charge is 0.220 e. The number of carbonyl (C=O) groups excluding carboxylic acids is 1. The molecule has 4 heteroatoms. The molecule has 1 saturated heterocycles. The molecule has 1 aromatic carbocycles. The summed E-state index contributed by atoms with van der Waals surface area (Å²) in [5, 5.41) is 2.91. The summed E-state index contributed by atoms with van der Waals surface area (Å²) in [6.45, 7) is 0.740. The summed E-state index contributed by atoms with van der Waals surface area (Å²) < 4.78 is 11.0. The molecule has 0 radical (unpaired) electrons. The molecule has 3 rings (SSSR count). The molecule has 1 spiro atoms. The van der Waals surface area contributed by atoms with E-state index in [2.05, 4.69) is 11.4 Å². The van der Waals surface area contributed by atoms with E-state index in [0.29, 0.717) is 6.42 Å². The summed E-state index contributed by atoms with van der Waals surface area (Å²) >= 11 is 0. The lowest BCUT2D eigenvalue weighted by Gasteiger charge is -2.37. The minimum absolute atomic E-state index is 0.0105. The molecule has 1 aliphatic heterocycles. The van der Waals surface area contributed by atoms with Crippen LogP contribution in [0.15, 0.2) is 18.2 Å². The monoisotopic (exact) mass is 261 g/mol. The highest BCUT2D eigenvalue weighted by Crippen LogP contribution is 2.53. The Balaban J connectivity index is 2.00. The van der Waals surface area contributed by atoms with Crippen LogP contribution in [0, 0.1) is 5.41 Å². The van der Waals surface area contributed by atoms with Gasteiger partial charge in [-0.1, -0.05) is 6.07 Å². The molecule has 1 amide bonds. The first kappa shape index (κ1) is 12.5. The summed E-state index contributed by atoms with van der Waals surface area (Å²) in [7, 11) is 3.40. The van der Waals surface area contributed by atoms with E-state index >= 15 is 0 Å². The molecular weight excluding hydrogens is 242 g/mol. The van der Waals surface area contributed by atoms with Crippen LogP contribution in [0.3, 0.4) is 0 Å². The van der Waals surface area contributed by atoms with Gasteiger partial charge in [0.15, 0.2) is 0 Å². The Bertz CT molecular complexity index is 514. The fourth-order valence-electron chi connectivity index (χ4n) is 3.58. The van der Waals surface area contributed by atoms with Crippen molar-refractivity contribution in [1.29, 1.82) is 0 Å². The van der Waals surface area contributed by atoms with Gasteiger partial charge < -0.3 is 14.8 Å². The predicted molar refractivity (Wildman–Crippen MR) is 71.1 cm³/mol. The fraction of sp³-hybridized carbons (Fsp3) is 0.533. The van der Waals surface area contributed by atoms with Gasteiger partial charge in [-0.25, -0.2) is 0 Å². The van der Waals surface area contributed by atoms with E-state index in [4.69, 9.17) is 9.47 Å². The van der Waals surface area contributed by atoms with Crippen molar-refractivity contribution in [3.63, 3.8) is 0 Å². The van der Waals surface area contributed by atoms with Gasteiger partial charge in [0.1, 0.15) is 5.75 Å². The van der Waals surface area contributed by atoms with Crippen LogP contribution in [0.5, 0.6) is 5.75 Å². The second-order valence-corrected chi connectivity index (χ2v) is 5.50. The van der Waals surface area contributed by atoms with Crippen molar-refractivity contribution in [2.24, 2.45) is 5.41 Å². The van der Waals surface area contributed by atoms with E-state index in [0.717, 1.165) is 25.1 Å². The number of rotatable bonds is 2. The summed E-state index contributed by atoms with van der Waals surface area (Å²) in [6.07, 6.45) is 2.42. The Morgan fingerprint density at radius 3 is 2.84 bits per heavy atom. The zero-order valence-corrected chi connectivity index (χ0v) is 11.4. The quantitative estimate of drug-likeness (QED) is 0.883. The number of hydrogen-bond donors (Lipinski definition) is 1. The van der Waals surface area contributed by atoms with Crippen molar-refractivity contribution in [3.8, 4) is 5.75 Å². The number of ether oxygens (including phenoxy) is 2. The Morgan fingerprint density at radius 2 is 2.16 bits per heavy atom. The average Bonchev–Trinajstić information content (AvgIpc) is 2.69. The number of methoxy groups -OCH3 is 2. The number of piperidine rings is 1. The molecule has 4 nitrogen and oxygen atoms in total. The third-order valence-corrected chi connectivity index (χ3v) is 4.43. The molecule has 102 valence electrons. The lowest BCUT2D eigenvalue weighted by Crippen LogP contribution is -2.43. The molecule has 1 heterocycles. The summed E-state index contributed by atoms with van der Waals surface area (Å²) in [5.41, 5.74) is 2.38. The topological polar surface area (TPSA) is 47.6 Å². The summed E-state index contributed by atoms with van der Waals surface area (Å²) in [5.74, 6) is 0.978. The Morgan fingerprint density at radius 1 is 1.32 bits per heavy atom. The van der Waals surface area contributed by atoms with E-state index in [-0.39, 0.29) is 17.4 Å². The van der Waals surface area contributed by atoms with Gasteiger partial charge in [-0.05, 0) is 36.1 Å². The zero-order chi connectivity index (χ0) is 13.5. The number of carbonyl (C=O) groups is 1. The van der Waals surface area contributed by atoms with Crippen LogP contribution in [0.2, 0.25) is 0 Å². The average molecular weight is 261 g/mol. The number of fused-ring (bicyclic) bond motifs is 1. The lowest BCUT2D eigenvalue weighted by atomic mass is 9.74. The highest BCUT2D eigenvalue weighted by atomic mass is 16.5. The van der Waals surface area contributed by atoms with E-state index in [1.54, 1.807) is 14.2 Å². The molecule has 2 aliphatic rings. The van der Waals surface area contributed by atoms with Crippen LogP contribution in [-0.4, -0.2) is 26.7 Å². The maximum Gasteiger partial charge on any atom is 0.220 e. The largest absolute Gasteiger partial charge is 0.497 e. The normalized spacial score (nSPS) is 29.2. The number of hydrogen-bond acceptors (Lipinski definition) is 3. The number of nitrogens with one attached hydrogen (secondary N) is 1. The predicted octanol–water partition coefficient (Wildman–Crippen LogP) is 1.84. The molecule has 19 heavy (non-hydrogen) atoms. The molecule has 0 saturated carbocycles. The minimum Gasteiger partial charge on any atom is -0.497 e. The van der Waals surface area contributed by atoms with Crippen LogP contribution in [0.1, 0.15) is 30.1 Å². The van der Waals surface area contributed by atoms with Crippen molar-refractivity contribution < 1.29 is 14.3 Å². The van der Waals surface area contributed by atoms with E-state index in [9.17, 15) is 4.79 Å². The minimum atomic E-state index is -0.0776. The molecule has 1 aromatic rings. The van der Waals surface area contributed by atoms with Crippen LogP contribution in [-0.2, 0) is 16.0 Å². The van der Waals surface area contributed by atoms with Crippen molar-refractivity contribution in [2.75, 3.05) is 20.8 Å². The molecule has 0 aromatic heterocycles. The zero-order valence-electron chi connectivity index (χ0n) is 11.4. The van der Waals surface area contributed by atoms with E-state index in [1.807, 2.05) is 12.1 Å². The molecule has 1 aliphatic carbocycles. The van der Waals surface area contributed by atoms with Crippen LogP contribution < -0.4 is 10.1 Å². The lowest BCUT2D eigenvalue weighted by molar-refractivity contribution is -0.130. The molecule has 2 atom stereocenters. The SMILES string of the molecule is COc1ccc2c(c1)[C@H](OC)C1(CCNC(=O)C1)C2. The third kappa shape index (κ3) is 1.91. The summed E-state index contributed by atoms with van der Waals surface area (Å²) in [4.78, 5) is 11.8. The van der Waals surface area contributed by atoms with Crippen LogP contribution >= 0.6 is 0 Å². The maximum absolute atomic E-state index is 11.8. The molecule has 0 bridgehead atoms. The second-order valence-electron chi connectivity index (χ2n) is 5.50. The van der Waals surface area contributed by atoms with Crippen molar-refractivity contribution in [1.82, 2.24) is 5.32 Å². The fourth-order valence-corrected chi connectivity index (χ4v) is 3.58. The number of benzene rings is 1. The first-order chi connectivity index (χ1) is 9.18. The highest BCUT2D eigenvalue weighted by Gasteiger charge is 2.49. The molecule has 1 unspecified atom stereocenters. The van der Waals surface area contributed by atoms with Gasteiger partial charge in [0.05, 0.1) is 13.2 Å². The first-order valence-corrected chi connectivity index (χ1v) is 6.65. The number of amides is 1. The van der Waals surface area contributed by atoms with Gasteiger partial charge in [0.25, 0.3) is 0 Å². The standard InChI is InChI=1S/C15H19NO3/c1-18-11-4-3-10-8-15(5-6-16-13(17)9-15)14(19-2)12(10)7-11/h3-4,7,14H,5-6,8-9H2,1-2H3,(H,16,17)/t14-,15?/m0/s1. The van der Waals surface area contributed by atoms with Gasteiger partial charge >= 0.3 is 0 Å². The van der Waals surface area contributed by atoms with Crippen molar-refractivity contribution in [2.45, 2.75) is 25.4 Å². The van der Waals surface area contributed by atoms with Gasteiger partial charge in [-0.3, -0.25) is 4.79 Å². The van der Waals surface area contributed by atoms with Gasteiger partial charge in [-0.2, -0.15) is 0 Å². The van der Waals surface area contributed by atoms with Gasteiger partial charge in [-0.15, -0.1) is 0 Å². The second kappa shape index (κ2) is 4.53. The molecule has 1 fully saturated rings. The molecule has 1 N–H and O–H groups in total. The summed E-state index contributed by atoms with van der Waals surface area (Å²) in [6, 6.07) is 6.12. The Hall–Kier alpha value is -1.55. The van der Waals surface area contributed by atoms with Gasteiger partial charge in [0, 0.05) is 25.5 Å². The van der Waals surface area contributed by atoms with E-state index in [1.165, 1.54) is 11.1 Å². The van der Waals surface area contributed by atoms with E-state index < -0.39 is 0 Å². The van der Waals surface area contributed by atoms with Crippen molar-refractivity contribution >= 4 is 5.91 Å². The van der Waals surface area contributed by atoms with Crippen LogP contribution in [0.4, 0.5) is 0 Å². The van der Waals surface area contributed by atoms with Gasteiger partial charge in [0.2, 0.25) is 5.91 Å². The van der Waals surface area contributed by atoms with Crippen LogP contribution in [0.25, 0.3) is 0 Å². The Kier molecular flexibility index (Phi) is 2.97. The Labute approximate surface area is 113 Å². The highest BCUT2D eigenvalue weighted by molar-refractivity contribution is 5.78. The molecular formula is C15H19NO3. The maximum atomic E-state index is 11.8. The first-order valence-electron chi connectivity index (χ1n) is 6.65. The van der Waals surface area contributed by atoms with Crippen molar-refractivity contribution in [3.05, 3.63) is 29.3 Å². The third-order valence-electron chi connectivity index (χ3n) is 4.43.